The molecule has 3 aromatic rings. The van der Waals surface area contributed by atoms with Gasteiger partial charge in [-0.2, -0.15) is 0 Å². The lowest BCUT2D eigenvalue weighted by molar-refractivity contribution is -0.161. The number of carbonyl (C=O) groups is 2. The Balaban J connectivity index is 1.30. The summed E-state index contributed by atoms with van der Waals surface area (Å²) in [7, 11) is 0. The largest absolute Gasteiger partial charge is 0.479 e. The molecule has 6 heteroatoms. The minimum Gasteiger partial charge on any atom is -0.479 e. The fourth-order valence-corrected chi connectivity index (χ4v) is 4.76. The van der Waals surface area contributed by atoms with Crippen LogP contribution in [0.5, 0.6) is 0 Å². The number of benzene rings is 3. The van der Waals surface area contributed by atoms with E-state index in [1.54, 1.807) is 24.3 Å². The average Bonchev–Trinajstić information content (AvgIpc) is 3.43. The van der Waals surface area contributed by atoms with Crippen molar-refractivity contribution in [1.29, 1.82) is 0 Å². The third-order valence-corrected chi connectivity index (χ3v) is 6.29. The molecule has 1 heterocycles. The fraction of sp³-hybridized carbons (Fsp3) is 0.231. The summed E-state index contributed by atoms with van der Waals surface area (Å²) in [5.41, 5.74) is 4.24. The number of hydrogen-bond donors (Lipinski definition) is 2. The van der Waals surface area contributed by atoms with Gasteiger partial charge in [0, 0.05) is 18.2 Å². The number of carbonyl (C=O) groups excluding carboxylic acids is 1. The number of carboxylic acid groups (broad SMARTS) is 1. The molecule has 6 nitrogen and oxygen atoms in total. The van der Waals surface area contributed by atoms with E-state index in [0.717, 1.165) is 11.1 Å². The van der Waals surface area contributed by atoms with E-state index >= 15 is 0 Å². The van der Waals surface area contributed by atoms with Gasteiger partial charge in [0.1, 0.15) is 6.61 Å². The molecule has 3 aromatic carbocycles. The van der Waals surface area contributed by atoms with Gasteiger partial charge < -0.3 is 14.6 Å². The van der Waals surface area contributed by atoms with Crippen LogP contribution in [0.1, 0.15) is 35.4 Å². The van der Waals surface area contributed by atoms with Crippen LogP contribution in [0.15, 0.2) is 72.8 Å². The summed E-state index contributed by atoms with van der Waals surface area (Å²) in [6.45, 7) is 0.609. The van der Waals surface area contributed by atoms with Gasteiger partial charge in [-0.1, -0.05) is 60.7 Å². The molecule has 1 aliphatic heterocycles. The van der Waals surface area contributed by atoms with Crippen molar-refractivity contribution in [2.24, 2.45) is 0 Å². The van der Waals surface area contributed by atoms with Crippen molar-refractivity contribution in [3.8, 4) is 11.1 Å². The molecule has 1 amide bonds. The molecule has 2 aliphatic rings. The Labute approximate surface area is 185 Å². The summed E-state index contributed by atoms with van der Waals surface area (Å²) in [5, 5.41) is 12.4. The second kappa shape index (κ2) is 8.13. The predicted octanol–water partition coefficient (Wildman–Crippen LogP) is 5.14. The smallest absolute Gasteiger partial charge is 0.411 e. The highest BCUT2D eigenvalue weighted by atomic mass is 16.5. The Bertz CT molecular complexity index is 1140. The van der Waals surface area contributed by atoms with E-state index in [4.69, 9.17) is 9.47 Å². The van der Waals surface area contributed by atoms with Gasteiger partial charge in [0.2, 0.25) is 0 Å². The predicted molar refractivity (Wildman–Crippen MR) is 120 cm³/mol. The summed E-state index contributed by atoms with van der Waals surface area (Å²) in [4.78, 5) is 24.4. The van der Waals surface area contributed by atoms with Gasteiger partial charge in [-0.05, 0) is 52.8 Å². The number of anilines is 1. The Hall–Kier alpha value is -3.64. The van der Waals surface area contributed by atoms with Crippen LogP contribution in [0, 0.1) is 0 Å². The first-order valence-electron chi connectivity index (χ1n) is 10.7. The van der Waals surface area contributed by atoms with Crippen molar-refractivity contribution in [1.82, 2.24) is 0 Å². The third-order valence-electron chi connectivity index (χ3n) is 6.29. The van der Waals surface area contributed by atoms with Gasteiger partial charge in [-0.3, -0.25) is 5.32 Å². The van der Waals surface area contributed by atoms with Crippen molar-refractivity contribution >= 4 is 17.7 Å². The molecule has 162 valence electrons. The van der Waals surface area contributed by atoms with E-state index in [1.165, 1.54) is 11.1 Å². The maximum Gasteiger partial charge on any atom is 0.411 e. The molecular formula is C26H23NO5. The van der Waals surface area contributed by atoms with E-state index in [-0.39, 0.29) is 12.5 Å². The van der Waals surface area contributed by atoms with E-state index in [2.05, 4.69) is 29.6 Å². The molecule has 5 rings (SSSR count). The van der Waals surface area contributed by atoms with Crippen molar-refractivity contribution in [2.45, 2.75) is 24.4 Å². The molecule has 1 atom stereocenters. The number of amides is 1. The van der Waals surface area contributed by atoms with Crippen molar-refractivity contribution < 1.29 is 24.2 Å². The molecule has 32 heavy (non-hydrogen) atoms. The lowest BCUT2D eigenvalue weighted by Gasteiger charge is -2.24. The molecule has 0 saturated carbocycles. The summed E-state index contributed by atoms with van der Waals surface area (Å²) in [6.07, 6.45) is 0.494. The van der Waals surface area contributed by atoms with Gasteiger partial charge in [-0.25, -0.2) is 9.59 Å². The monoisotopic (exact) mass is 429 g/mol. The highest BCUT2D eigenvalue weighted by molar-refractivity contribution is 5.86. The van der Waals surface area contributed by atoms with Gasteiger partial charge in [0.25, 0.3) is 0 Å². The topological polar surface area (TPSA) is 84.9 Å². The maximum absolute atomic E-state index is 12.6. The fourth-order valence-electron chi connectivity index (χ4n) is 4.76. The Morgan fingerprint density at radius 2 is 1.69 bits per heavy atom. The number of nitrogens with one attached hydrogen (secondary N) is 1. The Morgan fingerprint density at radius 3 is 2.31 bits per heavy atom. The minimum atomic E-state index is -1.36. The number of aliphatic carboxylic acids is 1. The zero-order valence-corrected chi connectivity index (χ0v) is 17.4. The van der Waals surface area contributed by atoms with Crippen LogP contribution in [-0.4, -0.2) is 30.4 Å². The van der Waals surface area contributed by atoms with E-state index < -0.39 is 17.7 Å². The summed E-state index contributed by atoms with van der Waals surface area (Å²) in [6, 6.07) is 23.1. The van der Waals surface area contributed by atoms with Gasteiger partial charge in [-0.15, -0.1) is 0 Å². The molecule has 0 bridgehead atoms. The average molecular weight is 429 g/mol. The number of rotatable bonds is 5. The molecule has 1 unspecified atom stereocenters. The maximum atomic E-state index is 12.6. The number of ether oxygens (including phenoxy) is 2. The molecule has 1 saturated heterocycles. The molecule has 0 spiro atoms. The third kappa shape index (κ3) is 3.42. The van der Waals surface area contributed by atoms with E-state index in [0.29, 0.717) is 30.7 Å². The second-order valence-corrected chi connectivity index (χ2v) is 8.12. The summed E-state index contributed by atoms with van der Waals surface area (Å²) in [5.74, 6) is -1.05. The van der Waals surface area contributed by atoms with Crippen molar-refractivity contribution in [3.05, 3.63) is 89.5 Å². The molecule has 2 N–H and O–H groups in total. The quantitative estimate of drug-likeness (QED) is 0.587. The molecule has 0 radical (unpaired) electrons. The van der Waals surface area contributed by atoms with Crippen LogP contribution >= 0.6 is 0 Å². The number of carboxylic acids is 1. The van der Waals surface area contributed by atoms with Crippen molar-refractivity contribution in [3.63, 3.8) is 0 Å². The zero-order chi connectivity index (χ0) is 22.1. The van der Waals surface area contributed by atoms with E-state index in [9.17, 15) is 14.7 Å². The van der Waals surface area contributed by atoms with Crippen LogP contribution in [0.2, 0.25) is 0 Å². The van der Waals surface area contributed by atoms with Crippen LogP contribution in [0.25, 0.3) is 11.1 Å². The number of fused-ring (bicyclic) bond motifs is 3. The first-order chi connectivity index (χ1) is 15.6. The van der Waals surface area contributed by atoms with Crippen LogP contribution in [0.3, 0.4) is 0 Å². The van der Waals surface area contributed by atoms with Crippen molar-refractivity contribution in [2.75, 3.05) is 18.5 Å². The van der Waals surface area contributed by atoms with Crippen LogP contribution in [-0.2, 0) is 19.9 Å². The molecule has 1 aliphatic carbocycles. The highest BCUT2D eigenvalue weighted by Crippen LogP contribution is 2.44. The second-order valence-electron chi connectivity index (χ2n) is 8.12. The normalized spacial score (nSPS) is 19.2. The van der Waals surface area contributed by atoms with Crippen LogP contribution in [0.4, 0.5) is 10.5 Å². The SMILES string of the molecule is O=C(Nc1cccc(C2(C(=O)O)CCCO2)c1)OCC1c2ccccc2-c2ccccc21. The van der Waals surface area contributed by atoms with Gasteiger partial charge in [0.05, 0.1) is 0 Å². The highest BCUT2D eigenvalue weighted by Gasteiger charge is 2.44. The Kier molecular flexibility index (Phi) is 5.15. The first-order valence-corrected chi connectivity index (χ1v) is 10.7. The van der Waals surface area contributed by atoms with Gasteiger partial charge in [0.15, 0.2) is 5.60 Å². The molecular weight excluding hydrogens is 406 g/mol. The zero-order valence-electron chi connectivity index (χ0n) is 17.4. The minimum absolute atomic E-state index is 0.0262. The lowest BCUT2D eigenvalue weighted by atomic mass is 9.90. The Morgan fingerprint density at radius 1 is 1.00 bits per heavy atom. The first kappa shape index (κ1) is 20.3. The molecule has 0 aromatic heterocycles. The standard InChI is InChI=1S/C26H23NO5/c28-24(29)26(13-6-14-32-26)17-7-5-8-18(15-17)27-25(30)31-16-23-21-11-3-1-9-19(21)20-10-2-4-12-22(20)23/h1-5,7-12,15,23H,6,13-14,16H2,(H,27,30)(H,28,29). The number of hydrogen-bond acceptors (Lipinski definition) is 4. The molecule has 1 fully saturated rings. The lowest BCUT2D eigenvalue weighted by Crippen LogP contribution is -2.34. The van der Waals surface area contributed by atoms with Gasteiger partial charge >= 0.3 is 12.1 Å². The van der Waals surface area contributed by atoms with E-state index in [1.807, 2.05) is 24.3 Å². The summed E-state index contributed by atoms with van der Waals surface area (Å²) < 4.78 is 11.2. The van der Waals surface area contributed by atoms with Crippen LogP contribution < -0.4 is 5.32 Å². The summed E-state index contributed by atoms with van der Waals surface area (Å²) >= 11 is 0.